The van der Waals surface area contributed by atoms with E-state index in [9.17, 15) is 0 Å². The standard InChI is InChI=1S/C75H73N5/c1-52-39-40-53(2)73(54-27-15-9-16-28-54,55-29-17-10-18-30-55)66-47-45-63(79-66)72(7,8)64-46-50-69(80-64)75(58-35-23-13-24-36-58,59-37-25-14-26-38-59)68-49-44-62(78-68)71(5,6)60-41-42-65(76-51-60)74(56-31-19-11-20-32-56,57-33-21-12-22-34-57)67-48-43-61(77-67)70(52,3)4/h9-50,76-80H,51H2,1-8H3/b52-39+,53-40+. The molecule has 3 aliphatic rings. The summed E-state index contributed by atoms with van der Waals surface area (Å²) in [6.07, 6.45) is 9.45. The van der Waals surface area contributed by atoms with Crippen LogP contribution < -0.4 is 5.32 Å². The van der Waals surface area contributed by atoms with Gasteiger partial charge >= 0.3 is 0 Å². The molecule has 13 rings (SSSR count). The summed E-state index contributed by atoms with van der Waals surface area (Å²) in [5.74, 6) is 0. The van der Waals surface area contributed by atoms with Gasteiger partial charge in [-0.1, -0.05) is 239 Å². The Morgan fingerprint density at radius 2 is 0.550 bits per heavy atom. The van der Waals surface area contributed by atoms with Crippen LogP contribution in [0.5, 0.6) is 0 Å². The zero-order valence-electron chi connectivity index (χ0n) is 47.5. The van der Waals surface area contributed by atoms with Crippen LogP contribution in [-0.4, -0.2) is 26.5 Å². The van der Waals surface area contributed by atoms with E-state index in [0.29, 0.717) is 6.54 Å². The molecule has 10 bridgehead atoms. The fourth-order valence-corrected chi connectivity index (χ4v) is 13.3. The van der Waals surface area contributed by atoms with Gasteiger partial charge in [0.2, 0.25) is 0 Å². The number of fused-ring (bicyclic) bond motifs is 5. The molecule has 5 N–H and O–H groups in total. The Hall–Kier alpha value is -8.80. The first-order valence-corrected chi connectivity index (χ1v) is 28.4. The lowest BCUT2D eigenvalue weighted by Crippen LogP contribution is -2.42. The topological polar surface area (TPSA) is 75.2 Å². The lowest BCUT2D eigenvalue weighted by molar-refractivity contribution is 0.545. The van der Waals surface area contributed by atoms with Crippen molar-refractivity contribution in [1.29, 1.82) is 0 Å². The summed E-state index contributed by atoms with van der Waals surface area (Å²) in [6.45, 7) is 19.3. The van der Waals surface area contributed by atoms with Crippen molar-refractivity contribution in [2.75, 3.05) is 6.54 Å². The van der Waals surface area contributed by atoms with Crippen LogP contribution in [0.15, 0.2) is 277 Å². The summed E-state index contributed by atoms with van der Waals surface area (Å²) in [7, 11) is 0. The van der Waals surface area contributed by atoms with Crippen molar-refractivity contribution in [3.05, 3.63) is 356 Å². The Bertz CT molecular complexity index is 3790. The molecule has 0 unspecified atom stereocenters. The fourth-order valence-electron chi connectivity index (χ4n) is 13.3. The first-order valence-electron chi connectivity index (χ1n) is 28.4. The minimum Gasteiger partial charge on any atom is -0.383 e. The third kappa shape index (κ3) is 8.19. The monoisotopic (exact) mass is 1040 g/mol. The van der Waals surface area contributed by atoms with Gasteiger partial charge in [0.05, 0.1) is 10.8 Å². The summed E-state index contributed by atoms with van der Waals surface area (Å²) in [6, 6.07) is 84.6. The number of aromatic nitrogens is 4. The van der Waals surface area contributed by atoms with E-state index >= 15 is 0 Å². The molecule has 10 aromatic rings. The number of dihydropyridines is 1. The van der Waals surface area contributed by atoms with Gasteiger partial charge in [0, 0.05) is 74.0 Å². The zero-order chi connectivity index (χ0) is 55.3. The Labute approximate surface area is 473 Å². The quantitative estimate of drug-likeness (QED) is 0.113. The molecule has 0 radical (unpaired) electrons. The number of nitrogens with one attached hydrogen (secondary N) is 5. The number of H-pyrrole nitrogens is 4. The first-order chi connectivity index (χ1) is 38.7. The predicted octanol–water partition coefficient (Wildman–Crippen LogP) is 17.0. The molecule has 0 saturated heterocycles. The van der Waals surface area contributed by atoms with Gasteiger partial charge in [-0.15, -0.1) is 0 Å². The summed E-state index contributed by atoms with van der Waals surface area (Å²) < 4.78 is 0. The molecule has 6 aromatic carbocycles. The molecular weight excluding hydrogens is 971 g/mol. The molecule has 0 atom stereocenters. The van der Waals surface area contributed by atoms with Crippen molar-refractivity contribution in [3.63, 3.8) is 0 Å². The van der Waals surface area contributed by atoms with Crippen molar-refractivity contribution >= 4 is 0 Å². The molecule has 0 saturated carbocycles. The van der Waals surface area contributed by atoms with Gasteiger partial charge < -0.3 is 25.3 Å². The number of benzene rings is 6. The third-order valence-electron chi connectivity index (χ3n) is 18.6. The number of hydrogen-bond donors (Lipinski definition) is 5. The van der Waals surface area contributed by atoms with Crippen LogP contribution in [0.2, 0.25) is 0 Å². The van der Waals surface area contributed by atoms with Gasteiger partial charge in [0.1, 0.15) is 5.41 Å². The van der Waals surface area contributed by atoms with E-state index in [1.54, 1.807) is 0 Å². The van der Waals surface area contributed by atoms with Gasteiger partial charge in [-0.25, -0.2) is 0 Å². The van der Waals surface area contributed by atoms with E-state index in [0.717, 1.165) is 51.2 Å². The van der Waals surface area contributed by atoms with Gasteiger partial charge in [-0.2, -0.15) is 0 Å². The van der Waals surface area contributed by atoms with E-state index in [4.69, 9.17) is 0 Å². The molecule has 3 aliphatic heterocycles. The summed E-state index contributed by atoms with van der Waals surface area (Å²) in [4.78, 5) is 16.6. The lowest BCUT2D eigenvalue weighted by Gasteiger charge is -2.40. The molecule has 5 nitrogen and oxygen atoms in total. The van der Waals surface area contributed by atoms with Crippen molar-refractivity contribution in [2.24, 2.45) is 0 Å². The van der Waals surface area contributed by atoms with Crippen LogP contribution in [0.1, 0.15) is 134 Å². The Morgan fingerprint density at radius 3 is 0.912 bits per heavy atom. The fraction of sp³-hybridized carbons (Fsp3) is 0.200. The highest BCUT2D eigenvalue weighted by atomic mass is 14.9. The molecule has 0 spiro atoms. The van der Waals surface area contributed by atoms with E-state index in [-0.39, 0.29) is 10.8 Å². The molecule has 0 aliphatic carbocycles. The van der Waals surface area contributed by atoms with Crippen molar-refractivity contribution in [2.45, 2.75) is 87.9 Å². The smallest absolute Gasteiger partial charge is 0.100 e. The number of hydrogen-bond acceptors (Lipinski definition) is 1. The average Bonchev–Trinajstić information content (AvgIpc) is 4.44. The number of aromatic amines is 4. The minimum absolute atomic E-state index is 0.376. The maximum absolute atomic E-state index is 4.15. The van der Waals surface area contributed by atoms with Crippen LogP contribution in [0, 0.1) is 0 Å². The summed E-state index contributed by atoms with van der Waals surface area (Å²) >= 11 is 0. The highest BCUT2D eigenvalue weighted by molar-refractivity contribution is 5.63. The van der Waals surface area contributed by atoms with Crippen molar-refractivity contribution in [1.82, 2.24) is 25.3 Å². The van der Waals surface area contributed by atoms with E-state index in [1.165, 1.54) is 50.1 Å². The Kier molecular flexibility index (Phi) is 13.1. The Balaban J connectivity index is 1.13. The van der Waals surface area contributed by atoms with Gasteiger partial charge in [0.25, 0.3) is 0 Å². The number of rotatable bonds is 6. The molecule has 80 heavy (non-hydrogen) atoms. The predicted molar refractivity (Wildman–Crippen MR) is 330 cm³/mol. The van der Waals surface area contributed by atoms with Gasteiger partial charge in [-0.05, 0) is 121 Å². The second-order valence-electron chi connectivity index (χ2n) is 23.8. The SMILES string of the molecule is C/C1=C\C=C(/C)C(c2ccccc2)(c2ccccc2)c2ccc([nH]2)C(C)(C)c2ccc([nH]2)C(c2ccccc2)(c2ccccc2)c2ccc([nH]2)C(C)(C)C2=CC=C(NC2)C(c2ccccc2)(c2ccccc2)c2ccc([nH]2)C1(C)C. The molecule has 398 valence electrons. The first kappa shape index (κ1) is 51.9. The third-order valence-corrected chi connectivity index (χ3v) is 18.6. The van der Waals surface area contributed by atoms with E-state index in [1.807, 2.05) is 0 Å². The normalized spacial score (nSPS) is 19.2. The van der Waals surface area contributed by atoms with E-state index in [2.05, 4.69) is 335 Å². The van der Waals surface area contributed by atoms with Crippen molar-refractivity contribution < 1.29 is 0 Å². The van der Waals surface area contributed by atoms with Crippen LogP contribution in [-0.2, 0) is 32.5 Å². The Morgan fingerprint density at radius 1 is 0.263 bits per heavy atom. The highest BCUT2D eigenvalue weighted by Crippen LogP contribution is 2.51. The second-order valence-corrected chi connectivity index (χ2v) is 23.8. The average molecular weight is 1040 g/mol. The van der Waals surface area contributed by atoms with Crippen LogP contribution in [0.25, 0.3) is 0 Å². The lowest BCUT2D eigenvalue weighted by atomic mass is 9.67. The minimum atomic E-state index is -0.735. The molecule has 0 fully saturated rings. The van der Waals surface area contributed by atoms with Crippen LogP contribution in [0.3, 0.4) is 0 Å². The molecule has 7 heterocycles. The maximum atomic E-state index is 4.15. The number of allylic oxidation sites excluding steroid dienone is 7. The van der Waals surface area contributed by atoms with E-state index < -0.39 is 21.7 Å². The summed E-state index contributed by atoms with van der Waals surface area (Å²) in [5, 5.41) is 4.10. The van der Waals surface area contributed by atoms with Crippen LogP contribution in [0.4, 0.5) is 0 Å². The molecule has 4 aromatic heterocycles. The highest BCUT2D eigenvalue weighted by Gasteiger charge is 2.46. The maximum Gasteiger partial charge on any atom is 0.100 e. The van der Waals surface area contributed by atoms with Crippen molar-refractivity contribution in [3.8, 4) is 0 Å². The van der Waals surface area contributed by atoms with Gasteiger partial charge in [-0.3, -0.25) is 0 Å². The summed E-state index contributed by atoms with van der Waals surface area (Å²) in [5.41, 5.74) is 17.5. The second kappa shape index (κ2) is 20.1. The van der Waals surface area contributed by atoms with Gasteiger partial charge in [0.15, 0.2) is 0 Å². The van der Waals surface area contributed by atoms with Crippen LogP contribution >= 0.6 is 0 Å². The molecular formula is C75H73N5. The molecule has 5 heteroatoms. The molecule has 0 amide bonds. The zero-order valence-corrected chi connectivity index (χ0v) is 47.5. The largest absolute Gasteiger partial charge is 0.383 e.